The first-order chi connectivity index (χ1) is 7.75. The fourth-order valence-corrected chi connectivity index (χ4v) is 1.55. The smallest absolute Gasteiger partial charge is 0.141 e. The molecule has 16 heavy (non-hydrogen) atoms. The number of para-hydroxylation sites is 1. The van der Waals surface area contributed by atoms with E-state index in [1.807, 2.05) is 24.3 Å². The molecule has 5 heteroatoms. The van der Waals surface area contributed by atoms with E-state index in [1.54, 1.807) is 6.20 Å². The highest BCUT2D eigenvalue weighted by molar-refractivity contribution is 9.10. The van der Waals surface area contributed by atoms with Crippen molar-refractivity contribution in [2.24, 2.45) is 0 Å². The van der Waals surface area contributed by atoms with Crippen molar-refractivity contribution in [3.63, 3.8) is 0 Å². The maximum atomic E-state index is 5.57. The molecule has 0 saturated carbocycles. The third-order valence-electron chi connectivity index (χ3n) is 1.94. The average Bonchev–Trinajstić information content (AvgIpc) is 2.30. The van der Waals surface area contributed by atoms with Crippen molar-refractivity contribution in [1.82, 2.24) is 9.97 Å². The van der Waals surface area contributed by atoms with Crippen LogP contribution in [0.15, 0.2) is 41.1 Å². The van der Waals surface area contributed by atoms with E-state index in [9.17, 15) is 0 Å². The van der Waals surface area contributed by atoms with Gasteiger partial charge in [-0.3, -0.25) is 4.98 Å². The maximum absolute atomic E-state index is 5.57. The van der Waals surface area contributed by atoms with Gasteiger partial charge in [0.25, 0.3) is 0 Å². The van der Waals surface area contributed by atoms with Crippen molar-refractivity contribution in [2.75, 3.05) is 5.73 Å². The second-order valence-corrected chi connectivity index (χ2v) is 4.01. The normalized spacial score (nSPS) is 10.1. The molecule has 0 saturated heterocycles. The first-order valence-electron chi connectivity index (χ1n) is 4.69. The summed E-state index contributed by atoms with van der Waals surface area (Å²) in [6.07, 6.45) is 3.12. The van der Waals surface area contributed by atoms with Gasteiger partial charge in [0.15, 0.2) is 0 Å². The third kappa shape index (κ3) is 2.70. The molecule has 1 aromatic carbocycles. The summed E-state index contributed by atoms with van der Waals surface area (Å²) in [5.74, 6) is 1.19. The lowest BCUT2D eigenvalue weighted by Crippen LogP contribution is -2.00. The predicted octanol–water partition coefficient (Wildman–Crippen LogP) is 2.40. The van der Waals surface area contributed by atoms with Gasteiger partial charge >= 0.3 is 0 Å². The monoisotopic (exact) mass is 279 g/mol. The summed E-state index contributed by atoms with van der Waals surface area (Å²) in [7, 11) is 0. The first kappa shape index (κ1) is 10.9. The van der Waals surface area contributed by atoms with E-state index < -0.39 is 0 Å². The largest absolute Gasteiger partial charge is 0.486 e. The fraction of sp³-hybridized carbons (Fsp3) is 0.0909. The lowest BCUT2D eigenvalue weighted by atomic mass is 10.3. The van der Waals surface area contributed by atoms with Gasteiger partial charge in [-0.25, -0.2) is 4.98 Å². The van der Waals surface area contributed by atoms with Gasteiger partial charge in [-0.15, -0.1) is 0 Å². The molecular formula is C11H10BrN3O. The van der Waals surface area contributed by atoms with Crippen LogP contribution in [0.3, 0.4) is 0 Å². The van der Waals surface area contributed by atoms with Crippen LogP contribution in [0.2, 0.25) is 0 Å². The summed E-state index contributed by atoms with van der Waals surface area (Å²) in [6.45, 7) is 0.371. The molecular weight excluding hydrogens is 270 g/mol. The number of rotatable bonds is 3. The molecule has 0 atom stereocenters. The summed E-state index contributed by atoms with van der Waals surface area (Å²) < 4.78 is 6.49. The lowest BCUT2D eigenvalue weighted by Gasteiger charge is -2.06. The van der Waals surface area contributed by atoms with E-state index in [-0.39, 0.29) is 0 Å². The number of hydrogen-bond donors (Lipinski definition) is 1. The van der Waals surface area contributed by atoms with Crippen LogP contribution in [0.5, 0.6) is 5.75 Å². The zero-order valence-corrected chi connectivity index (χ0v) is 10.0. The molecule has 0 fully saturated rings. The van der Waals surface area contributed by atoms with Crippen LogP contribution in [-0.4, -0.2) is 9.97 Å². The van der Waals surface area contributed by atoms with E-state index in [1.165, 1.54) is 6.20 Å². The van der Waals surface area contributed by atoms with Crippen LogP contribution in [0.1, 0.15) is 5.69 Å². The van der Waals surface area contributed by atoms with E-state index in [0.717, 1.165) is 15.9 Å². The summed E-state index contributed by atoms with van der Waals surface area (Å²) in [4.78, 5) is 8.03. The Morgan fingerprint density at radius 3 is 2.69 bits per heavy atom. The van der Waals surface area contributed by atoms with Crippen LogP contribution in [0.25, 0.3) is 0 Å². The maximum Gasteiger partial charge on any atom is 0.141 e. The van der Waals surface area contributed by atoms with Crippen LogP contribution < -0.4 is 10.5 Å². The number of nitrogen functional groups attached to an aromatic ring is 1. The Bertz CT molecular complexity index is 473. The minimum Gasteiger partial charge on any atom is -0.486 e. The molecule has 1 aromatic heterocycles. The Kier molecular flexibility index (Phi) is 3.36. The standard InChI is InChI=1S/C11H10BrN3O/c12-9-3-1-2-4-10(9)16-7-8-5-15-11(13)6-14-8/h1-6H,7H2,(H2,13,15). The van der Waals surface area contributed by atoms with Crippen molar-refractivity contribution < 1.29 is 4.74 Å². The molecule has 0 aliphatic heterocycles. The summed E-state index contributed by atoms with van der Waals surface area (Å²) in [5.41, 5.74) is 6.18. The molecule has 4 nitrogen and oxygen atoms in total. The molecule has 2 rings (SSSR count). The Morgan fingerprint density at radius 1 is 1.19 bits per heavy atom. The number of anilines is 1. The van der Waals surface area contributed by atoms with Crippen molar-refractivity contribution in [3.8, 4) is 5.75 Å². The number of halogens is 1. The molecule has 0 aliphatic rings. The molecule has 0 radical (unpaired) electrons. The second kappa shape index (κ2) is 4.94. The number of hydrogen-bond acceptors (Lipinski definition) is 4. The first-order valence-corrected chi connectivity index (χ1v) is 5.49. The van der Waals surface area contributed by atoms with Crippen LogP contribution in [0, 0.1) is 0 Å². The van der Waals surface area contributed by atoms with Gasteiger partial charge in [-0.05, 0) is 28.1 Å². The predicted molar refractivity (Wildman–Crippen MR) is 64.9 cm³/mol. The van der Waals surface area contributed by atoms with Gasteiger partial charge in [0.1, 0.15) is 18.2 Å². The molecule has 0 aliphatic carbocycles. The van der Waals surface area contributed by atoms with Crippen LogP contribution in [0.4, 0.5) is 5.82 Å². The van der Waals surface area contributed by atoms with Gasteiger partial charge in [0, 0.05) is 0 Å². The van der Waals surface area contributed by atoms with Gasteiger partial charge in [-0.2, -0.15) is 0 Å². The minimum atomic E-state index is 0.371. The Balaban J connectivity index is 2.02. The number of benzene rings is 1. The summed E-state index contributed by atoms with van der Waals surface area (Å²) >= 11 is 3.40. The third-order valence-corrected chi connectivity index (χ3v) is 2.59. The Labute approximate surface area is 102 Å². The van der Waals surface area contributed by atoms with E-state index in [4.69, 9.17) is 10.5 Å². The van der Waals surface area contributed by atoms with Gasteiger partial charge < -0.3 is 10.5 Å². The molecule has 2 N–H and O–H groups in total. The second-order valence-electron chi connectivity index (χ2n) is 3.15. The fourth-order valence-electron chi connectivity index (χ4n) is 1.15. The number of aromatic nitrogens is 2. The van der Waals surface area contributed by atoms with Gasteiger partial charge in [0.2, 0.25) is 0 Å². The molecule has 82 valence electrons. The van der Waals surface area contributed by atoms with Crippen molar-refractivity contribution >= 4 is 21.7 Å². The van der Waals surface area contributed by atoms with Crippen molar-refractivity contribution in [2.45, 2.75) is 6.61 Å². The Hall–Kier alpha value is -1.62. The Morgan fingerprint density at radius 2 is 2.00 bits per heavy atom. The van der Waals surface area contributed by atoms with Gasteiger partial charge in [-0.1, -0.05) is 12.1 Å². The molecule has 0 spiro atoms. The highest BCUT2D eigenvalue weighted by atomic mass is 79.9. The highest BCUT2D eigenvalue weighted by Gasteiger charge is 2.01. The van der Waals surface area contributed by atoms with Crippen LogP contribution >= 0.6 is 15.9 Å². The summed E-state index contributed by atoms with van der Waals surface area (Å²) in [5, 5.41) is 0. The van der Waals surface area contributed by atoms with E-state index in [0.29, 0.717) is 12.4 Å². The van der Waals surface area contributed by atoms with Crippen molar-refractivity contribution in [3.05, 3.63) is 46.8 Å². The van der Waals surface area contributed by atoms with Crippen molar-refractivity contribution in [1.29, 1.82) is 0 Å². The molecule has 2 aromatic rings. The minimum absolute atomic E-state index is 0.371. The number of ether oxygens (including phenoxy) is 1. The van der Waals surface area contributed by atoms with E-state index in [2.05, 4.69) is 25.9 Å². The quantitative estimate of drug-likeness (QED) is 0.937. The lowest BCUT2D eigenvalue weighted by molar-refractivity contribution is 0.299. The zero-order valence-electron chi connectivity index (χ0n) is 8.43. The molecule has 0 amide bonds. The zero-order chi connectivity index (χ0) is 11.4. The van der Waals surface area contributed by atoms with E-state index >= 15 is 0 Å². The SMILES string of the molecule is Nc1cnc(COc2ccccc2Br)cn1. The molecule has 1 heterocycles. The number of nitrogens with zero attached hydrogens (tertiary/aromatic N) is 2. The summed E-state index contributed by atoms with van der Waals surface area (Å²) in [6, 6.07) is 7.65. The van der Waals surface area contributed by atoms with Gasteiger partial charge in [0.05, 0.1) is 22.6 Å². The number of nitrogens with two attached hydrogens (primary N) is 1. The molecule has 0 bridgehead atoms. The highest BCUT2D eigenvalue weighted by Crippen LogP contribution is 2.24. The van der Waals surface area contributed by atoms with Crippen LogP contribution in [-0.2, 0) is 6.61 Å². The average molecular weight is 280 g/mol. The topological polar surface area (TPSA) is 61.0 Å². The molecule has 0 unspecified atom stereocenters.